The van der Waals surface area contributed by atoms with E-state index in [1.54, 1.807) is 53.4 Å². The van der Waals surface area contributed by atoms with Gasteiger partial charge in [-0.25, -0.2) is 0 Å². The van der Waals surface area contributed by atoms with E-state index in [2.05, 4.69) is 18.7 Å². The highest BCUT2D eigenvalue weighted by Crippen LogP contribution is 2.38. The number of hydrogen-bond acceptors (Lipinski definition) is 5. The third-order valence-electron chi connectivity index (χ3n) is 5.85. The summed E-state index contributed by atoms with van der Waals surface area (Å²) in [6.07, 6.45) is 0.795. The van der Waals surface area contributed by atoms with Gasteiger partial charge in [0.2, 0.25) is 5.76 Å². The number of rotatable bonds is 7. The highest BCUT2D eigenvalue weighted by atomic mass is 16.3. The van der Waals surface area contributed by atoms with Gasteiger partial charge in [0.1, 0.15) is 11.3 Å². The highest BCUT2D eigenvalue weighted by Gasteiger charge is 2.42. The van der Waals surface area contributed by atoms with Crippen LogP contribution in [0.2, 0.25) is 0 Å². The summed E-state index contributed by atoms with van der Waals surface area (Å²) in [5.41, 5.74) is 1.41. The molecule has 1 atom stereocenters. The van der Waals surface area contributed by atoms with Crippen LogP contribution in [0.3, 0.4) is 0 Å². The Morgan fingerprint density at radius 1 is 1.03 bits per heavy atom. The molecule has 156 valence electrons. The predicted molar refractivity (Wildman–Crippen MR) is 116 cm³/mol. The van der Waals surface area contributed by atoms with Crippen molar-refractivity contribution < 1.29 is 14.3 Å². The third kappa shape index (κ3) is 3.48. The van der Waals surface area contributed by atoms with Gasteiger partial charge in [0.15, 0.2) is 5.43 Å². The standard InChI is InChI=1S/C24H26N2O4/c1-3-25(4-2)14-7-15-26-21(16-10-12-17(27)13-11-16)20-22(28)18-8-5-6-9-19(18)30-23(20)24(26)29/h5-6,8-13,21,27H,3-4,7,14-15H2,1-2H3. The summed E-state index contributed by atoms with van der Waals surface area (Å²) in [7, 11) is 0. The number of nitrogens with zero attached hydrogens (tertiary/aromatic N) is 2. The molecule has 1 aliphatic rings. The lowest BCUT2D eigenvalue weighted by molar-refractivity contribution is 0.0720. The Balaban J connectivity index is 1.78. The molecule has 0 aliphatic carbocycles. The molecule has 2 aromatic carbocycles. The van der Waals surface area contributed by atoms with Gasteiger partial charge >= 0.3 is 0 Å². The fourth-order valence-corrected chi connectivity index (χ4v) is 4.21. The molecule has 0 saturated carbocycles. The van der Waals surface area contributed by atoms with Crippen molar-refractivity contribution in [3.05, 3.63) is 75.6 Å². The van der Waals surface area contributed by atoms with Crippen LogP contribution in [0.1, 0.15) is 48.0 Å². The Hall–Kier alpha value is -3.12. The number of aromatic hydroxyl groups is 1. The molecule has 0 bridgehead atoms. The Morgan fingerprint density at radius 2 is 1.73 bits per heavy atom. The summed E-state index contributed by atoms with van der Waals surface area (Å²) >= 11 is 0. The van der Waals surface area contributed by atoms with Gasteiger partial charge in [-0.05, 0) is 55.9 Å². The second kappa shape index (κ2) is 8.32. The number of para-hydroxylation sites is 1. The second-order valence-electron chi connectivity index (χ2n) is 7.54. The van der Waals surface area contributed by atoms with Crippen LogP contribution in [0.5, 0.6) is 5.75 Å². The van der Waals surface area contributed by atoms with Gasteiger partial charge in [0.25, 0.3) is 5.91 Å². The van der Waals surface area contributed by atoms with Crippen LogP contribution < -0.4 is 5.43 Å². The topological polar surface area (TPSA) is 74.0 Å². The fraction of sp³-hybridized carbons (Fsp3) is 0.333. The van der Waals surface area contributed by atoms with Crippen molar-refractivity contribution in [2.75, 3.05) is 26.2 Å². The Labute approximate surface area is 175 Å². The molecule has 4 rings (SSSR count). The molecule has 0 saturated heterocycles. The SMILES string of the molecule is CCN(CC)CCCN1C(=O)c2oc3ccccc3c(=O)c2C1c1ccc(O)cc1. The van der Waals surface area contributed by atoms with Gasteiger partial charge in [-0.15, -0.1) is 0 Å². The minimum atomic E-state index is -0.523. The lowest BCUT2D eigenvalue weighted by atomic mass is 9.98. The van der Waals surface area contributed by atoms with Crippen LogP contribution in [0.4, 0.5) is 0 Å². The molecule has 6 heteroatoms. The van der Waals surface area contributed by atoms with E-state index >= 15 is 0 Å². The zero-order valence-electron chi connectivity index (χ0n) is 17.3. The lowest BCUT2D eigenvalue weighted by Crippen LogP contribution is -2.33. The zero-order valence-corrected chi connectivity index (χ0v) is 17.3. The summed E-state index contributed by atoms with van der Waals surface area (Å²) in [6, 6.07) is 13.2. The first-order valence-electron chi connectivity index (χ1n) is 10.4. The molecule has 1 amide bonds. The van der Waals surface area contributed by atoms with E-state index in [0.29, 0.717) is 23.1 Å². The largest absolute Gasteiger partial charge is 0.508 e. The van der Waals surface area contributed by atoms with E-state index in [0.717, 1.165) is 31.6 Å². The molecule has 0 spiro atoms. The van der Waals surface area contributed by atoms with Crippen LogP contribution in [0.25, 0.3) is 11.0 Å². The van der Waals surface area contributed by atoms with Crippen molar-refractivity contribution in [3.63, 3.8) is 0 Å². The maximum Gasteiger partial charge on any atom is 0.290 e. The molecule has 0 fully saturated rings. The van der Waals surface area contributed by atoms with Crippen molar-refractivity contribution in [3.8, 4) is 5.75 Å². The molecule has 6 nitrogen and oxygen atoms in total. The third-order valence-corrected chi connectivity index (χ3v) is 5.85. The molecule has 3 aromatic rings. The monoisotopic (exact) mass is 406 g/mol. The van der Waals surface area contributed by atoms with Crippen LogP contribution in [0.15, 0.2) is 57.7 Å². The normalized spacial score (nSPS) is 15.9. The minimum absolute atomic E-state index is 0.125. The summed E-state index contributed by atoms with van der Waals surface area (Å²) < 4.78 is 5.92. The Bertz CT molecular complexity index is 1120. The van der Waals surface area contributed by atoms with Crippen molar-refractivity contribution in [1.82, 2.24) is 9.80 Å². The summed E-state index contributed by atoms with van der Waals surface area (Å²) in [5, 5.41) is 10.2. The molecule has 1 aromatic heterocycles. The highest BCUT2D eigenvalue weighted by molar-refractivity contribution is 5.99. The zero-order chi connectivity index (χ0) is 21.3. The maximum atomic E-state index is 13.3. The van der Waals surface area contributed by atoms with Crippen molar-refractivity contribution in [2.24, 2.45) is 0 Å². The molecular weight excluding hydrogens is 380 g/mol. The van der Waals surface area contributed by atoms with Crippen LogP contribution in [-0.2, 0) is 0 Å². The van der Waals surface area contributed by atoms with Gasteiger partial charge in [0.05, 0.1) is 17.0 Å². The number of carbonyl (C=O) groups excluding carboxylic acids is 1. The quantitative estimate of drug-likeness (QED) is 0.646. The number of fused-ring (bicyclic) bond motifs is 2. The van der Waals surface area contributed by atoms with E-state index in [9.17, 15) is 14.7 Å². The van der Waals surface area contributed by atoms with E-state index in [1.165, 1.54) is 0 Å². The molecule has 0 radical (unpaired) electrons. The van der Waals surface area contributed by atoms with Crippen molar-refractivity contribution >= 4 is 16.9 Å². The van der Waals surface area contributed by atoms with Crippen molar-refractivity contribution in [2.45, 2.75) is 26.3 Å². The number of hydrogen-bond donors (Lipinski definition) is 1. The fourth-order valence-electron chi connectivity index (χ4n) is 4.21. The molecule has 1 aliphatic heterocycles. The van der Waals surface area contributed by atoms with Gasteiger partial charge in [-0.1, -0.05) is 38.1 Å². The number of carbonyl (C=O) groups is 1. The van der Waals surface area contributed by atoms with Gasteiger partial charge in [-0.2, -0.15) is 0 Å². The van der Waals surface area contributed by atoms with E-state index in [-0.39, 0.29) is 22.8 Å². The summed E-state index contributed by atoms with van der Waals surface area (Å²) in [6.45, 7) is 7.54. The number of amides is 1. The summed E-state index contributed by atoms with van der Waals surface area (Å²) in [5.74, 6) is 0.00650. The lowest BCUT2D eigenvalue weighted by Gasteiger charge is -2.26. The molecule has 30 heavy (non-hydrogen) atoms. The smallest absolute Gasteiger partial charge is 0.290 e. The second-order valence-corrected chi connectivity index (χ2v) is 7.54. The molecule has 2 heterocycles. The van der Waals surface area contributed by atoms with E-state index in [4.69, 9.17) is 4.42 Å². The van der Waals surface area contributed by atoms with Crippen LogP contribution in [-0.4, -0.2) is 47.0 Å². The van der Waals surface area contributed by atoms with E-state index in [1.807, 2.05) is 0 Å². The predicted octanol–water partition coefficient (Wildman–Crippen LogP) is 3.78. The summed E-state index contributed by atoms with van der Waals surface area (Å²) in [4.78, 5) is 30.7. The molecule has 1 unspecified atom stereocenters. The van der Waals surface area contributed by atoms with Gasteiger partial charge < -0.3 is 19.3 Å². The minimum Gasteiger partial charge on any atom is -0.508 e. The first-order chi connectivity index (χ1) is 14.5. The molecular formula is C24H26N2O4. The number of benzene rings is 2. The first-order valence-corrected chi connectivity index (χ1v) is 10.4. The van der Waals surface area contributed by atoms with E-state index < -0.39 is 6.04 Å². The Morgan fingerprint density at radius 3 is 2.43 bits per heavy atom. The molecule has 1 N–H and O–H groups in total. The van der Waals surface area contributed by atoms with Gasteiger partial charge in [0, 0.05) is 6.54 Å². The maximum absolute atomic E-state index is 13.3. The number of phenolic OH excluding ortho intramolecular Hbond substituents is 1. The Kier molecular flexibility index (Phi) is 5.59. The van der Waals surface area contributed by atoms with Gasteiger partial charge in [-0.3, -0.25) is 9.59 Å². The van der Waals surface area contributed by atoms with Crippen molar-refractivity contribution in [1.29, 1.82) is 0 Å². The average Bonchev–Trinajstić information content (AvgIpc) is 3.04. The first kappa shape index (κ1) is 20.2. The number of phenols is 1. The average molecular weight is 406 g/mol. The van der Waals surface area contributed by atoms with Crippen LogP contribution >= 0.6 is 0 Å². The van der Waals surface area contributed by atoms with Crippen LogP contribution in [0, 0.1) is 0 Å².